The van der Waals surface area contributed by atoms with Crippen LogP contribution in [0, 0.1) is 5.92 Å². The Balaban J connectivity index is 1.16. The number of piperidine rings is 1. The van der Waals surface area contributed by atoms with Gasteiger partial charge in [-0.15, -0.1) is 0 Å². The highest BCUT2D eigenvalue weighted by atomic mass is 16.5. The third-order valence-corrected chi connectivity index (χ3v) is 7.53. The molecule has 1 aromatic rings. The van der Waals surface area contributed by atoms with Crippen molar-refractivity contribution < 1.29 is 19.1 Å². The molecule has 1 atom stereocenters. The van der Waals surface area contributed by atoms with Gasteiger partial charge in [-0.1, -0.05) is 76.7 Å². The van der Waals surface area contributed by atoms with Gasteiger partial charge in [0.15, 0.2) is 0 Å². The van der Waals surface area contributed by atoms with Crippen molar-refractivity contribution in [3.63, 3.8) is 0 Å². The number of nitrogens with one attached hydrogen (secondary N) is 1. The van der Waals surface area contributed by atoms with Gasteiger partial charge in [0.05, 0.1) is 13.2 Å². The van der Waals surface area contributed by atoms with Gasteiger partial charge in [0.25, 0.3) is 5.91 Å². The molecule has 2 aliphatic heterocycles. The molecule has 1 N–H and O–H groups in total. The van der Waals surface area contributed by atoms with Crippen LogP contribution in [0.25, 0.3) is 0 Å². The zero-order valence-corrected chi connectivity index (χ0v) is 19.8. The number of nitrogens with zero attached hydrogens (tertiary/aromatic N) is 1. The molecule has 1 aromatic carbocycles. The lowest BCUT2D eigenvalue weighted by atomic mass is 9.85. The Bertz CT molecular complexity index is 847. The highest BCUT2D eigenvalue weighted by Crippen LogP contribution is 2.33. The van der Waals surface area contributed by atoms with Crippen LogP contribution in [-0.4, -0.2) is 35.3 Å². The lowest BCUT2D eigenvalue weighted by Crippen LogP contribution is -2.52. The van der Waals surface area contributed by atoms with Gasteiger partial charge in [0, 0.05) is 17.5 Å². The Labute approximate surface area is 197 Å². The average Bonchev–Trinajstić information content (AvgIpc) is 3.15. The van der Waals surface area contributed by atoms with Crippen LogP contribution in [0.3, 0.4) is 0 Å². The molecular weight excluding hydrogens is 416 g/mol. The van der Waals surface area contributed by atoms with Gasteiger partial charge in [0.1, 0.15) is 11.8 Å². The minimum absolute atomic E-state index is 0.154. The number of hydrogen-bond donors (Lipinski definition) is 1. The van der Waals surface area contributed by atoms with E-state index >= 15 is 0 Å². The Morgan fingerprint density at radius 2 is 1.67 bits per heavy atom. The van der Waals surface area contributed by atoms with E-state index in [1.807, 2.05) is 12.1 Å². The minimum atomic E-state index is -0.589. The third-order valence-electron chi connectivity index (χ3n) is 7.53. The number of carbonyl (C=O) groups is 3. The first-order valence-corrected chi connectivity index (χ1v) is 13.0. The van der Waals surface area contributed by atoms with E-state index < -0.39 is 6.04 Å². The summed E-state index contributed by atoms with van der Waals surface area (Å²) in [5.41, 5.74) is 1.46. The van der Waals surface area contributed by atoms with Crippen LogP contribution in [-0.2, 0) is 16.1 Å². The number of carbonyl (C=O) groups excluding carboxylic acids is 3. The van der Waals surface area contributed by atoms with E-state index in [0.717, 1.165) is 23.7 Å². The summed E-state index contributed by atoms with van der Waals surface area (Å²) >= 11 is 0. The minimum Gasteiger partial charge on any atom is -0.493 e. The SMILES string of the molecule is O=C1CCC(N2Cc3c(OCCCCCCCCC4CCCCC4)cccc3C2=O)C(=O)N1. The van der Waals surface area contributed by atoms with E-state index in [1.54, 1.807) is 11.0 Å². The number of unbranched alkanes of at least 4 members (excludes halogenated alkanes) is 5. The fourth-order valence-electron chi connectivity index (χ4n) is 5.59. The normalized spacial score (nSPS) is 21.3. The van der Waals surface area contributed by atoms with E-state index in [9.17, 15) is 14.4 Å². The number of rotatable bonds is 11. The van der Waals surface area contributed by atoms with Crippen LogP contribution in [0.5, 0.6) is 5.75 Å². The van der Waals surface area contributed by atoms with Crippen molar-refractivity contribution in [1.82, 2.24) is 10.2 Å². The summed E-state index contributed by atoms with van der Waals surface area (Å²) in [6, 6.07) is 4.95. The molecule has 2 heterocycles. The second kappa shape index (κ2) is 11.7. The maximum absolute atomic E-state index is 12.9. The number of ether oxygens (including phenoxy) is 1. The Hall–Kier alpha value is -2.37. The van der Waals surface area contributed by atoms with E-state index in [4.69, 9.17) is 4.74 Å². The molecule has 33 heavy (non-hydrogen) atoms. The summed E-state index contributed by atoms with van der Waals surface area (Å²) in [7, 11) is 0. The molecule has 1 aliphatic carbocycles. The number of hydrogen-bond acceptors (Lipinski definition) is 4. The summed E-state index contributed by atoms with van der Waals surface area (Å²) in [5.74, 6) is 0.932. The molecule has 3 aliphatic rings. The first-order chi connectivity index (χ1) is 16.1. The van der Waals surface area contributed by atoms with Crippen LogP contribution >= 0.6 is 0 Å². The Morgan fingerprint density at radius 3 is 2.45 bits per heavy atom. The van der Waals surface area contributed by atoms with Gasteiger partial charge in [-0.3, -0.25) is 19.7 Å². The molecule has 1 unspecified atom stereocenters. The van der Waals surface area contributed by atoms with Crippen LogP contribution in [0.15, 0.2) is 18.2 Å². The first kappa shape index (κ1) is 23.8. The maximum Gasteiger partial charge on any atom is 0.255 e. The molecule has 2 fully saturated rings. The average molecular weight is 455 g/mol. The van der Waals surface area contributed by atoms with E-state index in [0.29, 0.717) is 25.1 Å². The van der Waals surface area contributed by atoms with Gasteiger partial charge in [-0.2, -0.15) is 0 Å². The molecule has 0 spiro atoms. The largest absolute Gasteiger partial charge is 0.493 e. The second-order valence-corrected chi connectivity index (χ2v) is 9.94. The lowest BCUT2D eigenvalue weighted by Gasteiger charge is -2.29. The molecule has 6 nitrogen and oxygen atoms in total. The van der Waals surface area contributed by atoms with Crippen molar-refractivity contribution >= 4 is 17.7 Å². The molecule has 0 aromatic heterocycles. The van der Waals surface area contributed by atoms with E-state index in [2.05, 4.69) is 5.32 Å². The molecule has 0 bridgehead atoms. The van der Waals surface area contributed by atoms with Gasteiger partial charge in [-0.05, 0) is 30.9 Å². The summed E-state index contributed by atoms with van der Waals surface area (Å²) in [6.07, 6.45) is 16.8. The van der Waals surface area contributed by atoms with Gasteiger partial charge in [0.2, 0.25) is 11.8 Å². The van der Waals surface area contributed by atoms with Crippen LogP contribution in [0.1, 0.15) is 106 Å². The fraction of sp³-hybridized carbons (Fsp3) is 0.667. The summed E-state index contributed by atoms with van der Waals surface area (Å²) in [4.78, 5) is 38.1. The zero-order chi connectivity index (χ0) is 23.0. The van der Waals surface area contributed by atoms with Gasteiger partial charge in [-0.25, -0.2) is 0 Å². The van der Waals surface area contributed by atoms with E-state index in [1.165, 1.54) is 70.6 Å². The summed E-state index contributed by atoms with van der Waals surface area (Å²) < 4.78 is 6.05. The number of amides is 3. The first-order valence-electron chi connectivity index (χ1n) is 13.0. The molecular formula is C27H38N2O4. The van der Waals surface area contributed by atoms with Crippen LogP contribution in [0.4, 0.5) is 0 Å². The lowest BCUT2D eigenvalue weighted by molar-refractivity contribution is -0.136. The zero-order valence-electron chi connectivity index (χ0n) is 19.8. The summed E-state index contributed by atoms with van der Waals surface area (Å²) in [6.45, 7) is 1.00. The standard InChI is InChI=1S/C27H38N2O4/c30-25-17-16-23(26(31)28-25)29-19-22-21(27(29)32)14-10-15-24(22)33-18-9-4-2-1-3-6-11-20-12-7-5-8-13-20/h10,14-15,20,23H,1-9,11-13,16-19H2,(H,28,30,31). The van der Waals surface area contributed by atoms with Crippen molar-refractivity contribution in [2.24, 2.45) is 5.92 Å². The van der Waals surface area contributed by atoms with Crippen LogP contribution in [0.2, 0.25) is 0 Å². The van der Waals surface area contributed by atoms with Crippen molar-refractivity contribution in [1.29, 1.82) is 0 Å². The van der Waals surface area contributed by atoms with Gasteiger partial charge < -0.3 is 9.64 Å². The highest BCUT2D eigenvalue weighted by Gasteiger charge is 2.40. The van der Waals surface area contributed by atoms with Crippen molar-refractivity contribution in [3.8, 4) is 5.75 Å². The number of benzene rings is 1. The molecule has 0 radical (unpaired) electrons. The second-order valence-electron chi connectivity index (χ2n) is 9.94. The van der Waals surface area contributed by atoms with Crippen molar-refractivity contribution in [2.75, 3.05) is 6.61 Å². The molecule has 3 amide bonds. The predicted octanol–water partition coefficient (Wildman–Crippen LogP) is 5.14. The summed E-state index contributed by atoms with van der Waals surface area (Å²) in [5, 5.41) is 2.35. The topological polar surface area (TPSA) is 75.7 Å². The molecule has 1 saturated heterocycles. The van der Waals surface area contributed by atoms with Crippen molar-refractivity contribution in [2.45, 2.75) is 102 Å². The smallest absolute Gasteiger partial charge is 0.255 e. The number of fused-ring (bicyclic) bond motifs is 1. The molecule has 1 saturated carbocycles. The van der Waals surface area contributed by atoms with E-state index in [-0.39, 0.29) is 24.1 Å². The fourth-order valence-corrected chi connectivity index (χ4v) is 5.59. The number of imide groups is 1. The monoisotopic (exact) mass is 454 g/mol. The third kappa shape index (κ3) is 6.15. The van der Waals surface area contributed by atoms with Crippen molar-refractivity contribution in [3.05, 3.63) is 29.3 Å². The molecule has 180 valence electrons. The predicted molar refractivity (Wildman–Crippen MR) is 127 cm³/mol. The maximum atomic E-state index is 12.9. The quantitative estimate of drug-likeness (QED) is 0.371. The Morgan fingerprint density at radius 1 is 0.909 bits per heavy atom. The van der Waals surface area contributed by atoms with Crippen LogP contribution < -0.4 is 10.1 Å². The Kier molecular flexibility index (Phi) is 8.40. The highest BCUT2D eigenvalue weighted by molar-refractivity contribution is 6.05. The molecule has 6 heteroatoms. The molecule has 4 rings (SSSR count). The van der Waals surface area contributed by atoms with Gasteiger partial charge >= 0.3 is 0 Å².